The van der Waals surface area contributed by atoms with Crippen LogP contribution >= 0.6 is 0 Å². The van der Waals surface area contributed by atoms with Gasteiger partial charge in [-0.15, -0.1) is 0 Å². The Balaban J connectivity index is 2.84. The Hall–Kier alpha value is -1.46. The number of hydrogen-bond acceptors (Lipinski definition) is 3. The van der Waals surface area contributed by atoms with Gasteiger partial charge < -0.3 is 15.4 Å². The summed E-state index contributed by atoms with van der Waals surface area (Å²) < 4.78 is 18.5. The van der Waals surface area contributed by atoms with Crippen molar-refractivity contribution in [1.82, 2.24) is 4.90 Å². The Labute approximate surface area is 113 Å². The first kappa shape index (κ1) is 15.6. The van der Waals surface area contributed by atoms with E-state index in [1.807, 2.05) is 13.8 Å². The van der Waals surface area contributed by atoms with Gasteiger partial charge in [-0.05, 0) is 19.9 Å². The molecule has 1 amide bonds. The van der Waals surface area contributed by atoms with Gasteiger partial charge in [-0.1, -0.05) is 18.2 Å². The van der Waals surface area contributed by atoms with Crippen molar-refractivity contribution >= 4 is 5.91 Å². The third-order valence-electron chi connectivity index (χ3n) is 2.87. The summed E-state index contributed by atoms with van der Waals surface area (Å²) >= 11 is 0. The van der Waals surface area contributed by atoms with Gasteiger partial charge >= 0.3 is 0 Å². The van der Waals surface area contributed by atoms with Crippen LogP contribution in [-0.2, 0) is 16.1 Å². The van der Waals surface area contributed by atoms with Crippen LogP contribution in [0, 0.1) is 5.82 Å². The van der Waals surface area contributed by atoms with E-state index in [-0.39, 0.29) is 30.9 Å². The number of carbonyl (C=O) groups is 1. The summed E-state index contributed by atoms with van der Waals surface area (Å²) in [5, 5.41) is 0. The Morgan fingerprint density at radius 2 is 2.05 bits per heavy atom. The van der Waals surface area contributed by atoms with Crippen molar-refractivity contribution in [2.24, 2.45) is 5.73 Å². The topological polar surface area (TPSA) is 55.6 Å². The molecule has 0 saturated carbocycles. The average Bonchev–Trinajstić information content (AvgIpc) is 2.37. The van der Waals surface area contributed by atoms with Gasteiger partial charge in [0.25, 0.3) is 0 Å². The molecule has 1 aromatic rings. The van der Waals surface area contributed by atoms with E-state index in [2.05, 4.69) is 0 Å². The predicted molar refractivity (Wildman–Crippen MR) is 71.9 cm³/mol. The summed E-state index contributed by atoms with van der Waals surface area (Å²) in [5.41, 5.74) is 6.23. The summed E-state index contributed by atoms with van der Waals surface area (Å²) in [6.45, 7) is 4.11. The Kier molecular flexibility index (Phi) is 5.92. The van der Waals surface area contributed by atoms with E-state index in [4.69, 9.17) is 10.5 Å². The number of carbonyl (C=O) groups excluding carboxylic acids is 1. The van der Waals surface area contributed by atoms with Crippen molar-refractivity contribution in [3.63, 3.8) is 0 Å². The minimum absolute atomic E-state index is 0.0602. The molecule has 0 aliphatic rings. The molecule has 0 spiro atoms. The van der Waals surface area contributed by atoms with Crippen molar-refractivity contribution in [1.29, 1.82) is 0 Å². The van der Waals surface area contributed by atoms with E-state index in [9.17, 15) is 9.18 Å². The van der Waals surface area contributed by atoms with Crippen LogP contribution in [0.25, 0.3) is 0 Å². The number of nitrogens with zero attached hydrogens (tertiary/aromatic N) is 1. The quantitative estimate of drug-likeness (QED) is 0.851. The van der Waals surface area contributed by atoms with Gasteiger partial charge in [-0.2, -0.15) is 0 Å². The molecule has 0 fully saturated rings. The largest absolute Gasteiger partial charge is 0.383 e. The van der Waals surface area contributed by atoms with Gasteiger partial charge in [0.15, 0.2) is 0 Å². The van der Waals surface area contributed by atoms with Crippen molar-refractivity contribution in [3.8, 4) is 0 Å². The molecule has 1 rings (SSSR count). The monoisotopic (exact) mass is 268 g/mol. The highest BCUT2D eigenvalue weighted by molar-refractivity contribution is 5.82. The molecule has 1 atom stereocenters. The predicted octanol–water partition coefficient (Wildman–Crippen LogP) is 1.54. The number of halogens is 1. The average molecular weight is 268 g/mol. The Morgan fingerprint density at radius 1 is 1.42 bits per heavy atom. The second-order valence-electron chi connectivity index (χ2n) is 4.71. The van der Waals surface area contributed by atoms with Gasteiger partial charge in [-0.3, -0.25) is 4.79 Å². The first-order valence-corrected chi connectivity index (χ1v) is 6.25. The highest BCUT2D eigenvalue weighted by atomic mass is 19.1. The maximum absolute atomic E-state index is 13.6. The van der Waals surface area contributed by atoms with E-state index in [0.717, 1.165) is 0 Å². The SMILES string of the molecule is COCC(N)C(=O)N(Cc1ccccc1F)C(C)C. The van der Waals surface area contributed by atoms with E-state index in [1.54, 1.807) is 23.1 Å². The fourth-order valence-corrected chi connectivity index (χ4v) is 1.79. The maximum Gasteiger partial charge on any atom is 0.242 e. The van der Waals surface area contributed by atoms with Gasteiger partial charge in [0, 0.05) is 25.3 Å². The highest BCUT2D eigenvalue weighted by Crippen LogP contribution is 2.13. The number of rotatable bonds is 6. The Morgan fingerprint density at radius 3 is 2.58 bits per heavy atom. The van der Waals surface area contributed by atoms with Gasteiger partial charge in [0.1, 0.15) is 11.9 Å². The molecule has 0 radical (unpaired) electrons. The summed E-state index contributed by atoms with van der Waals surface area (Å²) in [6, 6.07) is 5.63. The lowest BCUT2D eigenvalue weighted by atomic mass is 10.1. The zero-order valence-electron chi connectivity index (χ0n) is 11.6. The fraction of sp³-hybridized carbons (Fsp3) is 0.500. The molecule has 0 heterocycles. The number of ether oxygens (including phenoxy) is 1. The molecule has 1 unspecified atom stereocenters. The Bertz CT molecular complexity index is 424. The second kappa shape index (κ2) is 7.21. The van der Waals surface area contributed by atoms with E-state index >= 15 is 0 Å². The zero-order valence-corrected chi connectivity index (χ0v) is 11.6. The molecular formula is C14H21FN2O2. The molecule has 4 nitrogen and oxygen atoms in total. The third-order valence-corrected chi connectivity index (χ3v) is 2.87. The third kappa shape index (κ3) is 4.29. The fourth-order valence-electron chi connectivity index (χ4n) is 1.79. The van der Waals surface area contributed by atoms with Crippen molar-refractivity contribution in [3.05, 3.63) is 35.6 Å². The van der Waals surface area contributed by atoms with Crippen molar-refractivity contribution < 1.29 is 13.9 Å². The van der Waals surface area contributed by atoms with Gasteiger partial charge in [-0.25, -0.2) is 4.39 Å². The molecule has 5 heteroatoms. The number of nitrogens with two attached hydrogens (primary N) is 1. The normalized spacial score (nSPS) is 12.5. The van der Waals surface area contributed by atoms with Crippen LogP contribution < -0.4 is 5.73 Å². The smallest absolute Gasteiger partial charge is 0.242 e. The lowest BCUT2D eigenvalue weighted by molar-refractivity contribution is -0.136. The molecule has 106 valence electrons. The number of hydrogen-bond donors (Lipinski definition) is 1. The van der Waals surface area contributed by atoms with Crippen LogP contribution in [-0.4, -0.2) is 36.6 Å². The molecule has 0 saturated heterocycles. The second-order valence-corrected chi connectivity index (χ2v) is 4.71. The summed E-state index contributed by atoms with van der Waals surface area (Å²) in [7, 11) is 1.49. The van der Waals surface area contributed by atoms with Crippen LogP contribution in [0.5, 0.6) is 0 Å². The summed E-state index contributed by atoms with van der Waals surface area (Å²) in [5.74, 6) is -0.554. The molecular weight excluding hydrogens is 247 g/mol. The molecule has 2 N–H and O–H groups in total. The van der Waals surface area contributed by atoms with Crippen molar-refractivity contribution in [2.45, 2.75) is 32.5 Å². The summed E-state index contributed by atoms with van der Waals surface area (Å²) in [4.78, 5) is 13.7. The van der Waals surface area contributed by atoms with Crippen molar-refractivity contribution in [2.75, 3.05) is 13.7 Å². The molecule has 0 aliphatic carbocycles. The molecule has 1 aromatic carbocycles. The molecule has 0 bridgehead atoms. The highest BCUT2D eigenvalue weighted by Gasteiger charge is 2.24. The van der Waals surface area contributed by atoms with Crippen LogP contribution in [0.15, 0.2) is 24.3 Å². The lowest BCUT2D eigenvalue weighted by Gasteiger charge is -2.29. The van der Waals surface area contributed by atoms with E-state index in [1.165, 1.54) is 13.2 Å². The number of methoxy groups -OCH3 is 1. The van der Waals surface area contributed by atoms with Gasteiger partial charge in [0.05, 0.1) is 6.61 Å². The number of amides is 1. The minimum Gasteiger partial charge on any atom is -0.383 e. The van der Waals surface area contributed by atoms with Crippen LogP contribution in [0.1, 0.15) is 19.4 Å². The standard InChI is InChI=1S/C14H21FN2O2/c1-10(2)17(14(18)13(16)9-19-3)8-11-6-4-5-7-12(11)15/h4-7,10,13H,8-9,16H2,1-3H3. The van der Waals surface area contributed by atoms with E-state index in [0.29, 0.717) is 5.56 Å². The van der Waals surface area contributed by atoms with Crippen LogP contribution in [0.2, 0.25) is 0 Å². The van der Waals surface area contributed by atoms with Crippen LogP contribution in [0.3, 0.4) is 0 Å². The molecule has 0 aromatic heterocycles. The summed E-state index contributed by atoms with van der Waals surface area (Å²) in [6.07, 6.45) is 0. The van der Waals surface area contributed by atoms with Gasteiger partial charge in [0.2, 0.25) is 5.91 Å². The van der Waals surface area contributed by atoms with E-state index < -0.39 is 6.04 Å². The minimum atomic E-state index is -0.723. The lowest BCUT2D eigenvalue weighted by Crippen LogP contribution is -2.48. The molecule has 19 heavy (non-hydrogen) atoms. The maximum atomic E-state index is 13.6. The van der Waals surface area contributed by atoms with Crippen LogP contribution in [0.4, 0.5) is 4.39 Å². The first-order chi connectivity index (χ1) is 8.97. The number of benzene rings is 1. The zero-order chi connectivity index (χ0) is 14.4. The molecule has 0 aliphatic heterocycles. The first-order valence-electron chi connectivity index (χ1n) is 6.25.